The largest absolute Gasteiger partial charge is 0.497 e. The van der Waals surface area contributed by atoms with Crippen molar-refractivity contribution in [3.8, 4) is 16.3 Å². The topological polar surface area (TPSA) is 82.8 Å². The molecule has 0 aliphatic rings. The molecule has 29 heavy (non-hydrogen) atoms. The van der Waals surface area contributed by atoms with E-state index in [1.54, 1.807) is 24.8 Å². The summed E-state index contributed by atoms with van der Waals surface area (Å²) in [6.45, 7) is 1.80. The van der Waals surface area contributed by atoms with Gasteiger partial charge in [-0.15, -0.1) is 11.3 Å². The lowest BCUT2D eigenvalue weighted by Crippen LogP contribution is -2.17. The van der Waals surface area contributed by atoms with Crippen LogP contribution in [0.2, 0.25) is 0 Å². The molecule has 0 radical (unpaired) electrons. The van der Waals surface area contributed by atoms with Gasteiger partial charge in [0.25, 0.3) is 5.56 Å². The quantitative estimate of drug-likeness (QED) is 0.471. The average Bonchev–Trinajstić information content (AvgIpc) is 3.23. The van der Waals surface area contributed by atoms with E-state index in [9.17, 15) is 9.59 Å². The smallest absolute Gasteiger partial charge is 0.358 e. The Morgan fingerprint density at radius 1 is 1.14 bits per heavy atom. The van der Waals surface area contributed by atoms with Crippen molar-refractivity contribution in [3.05, 3.63) is 81.3 Å². The summed E-state index contributed by atoms with van der Waals surface area (Å²) in [4.78, 5) is 33.3. The Bertz CT molecular complexity index is 1250. The zero-order chi connectivity index (χ0) is 20.4. The third kappa shape index (κ3) is 4.02. The number of carbonyl (C=O) groups is 1. The molecule has 146 valence electrons. The van der Waals surface area contributed by atoms with Crippen LogP contribution in [0.15, 0.2) is 58.8 Å². The molecule has 0 amide bonds. The van der Waals surface area contributed by atoms with E-state index in [-0.39, 0.29) is 17.9 Å². The third-order valence-corrected chi connectivity index (χ3v) is 5.15. The fraction of sp³-hybridized carbons (Fsp3) is 0.143. The molecule has 3 heterocycles. The maximum Gasteiger partial charge on any atom is 0.358 e. The minimum atomic E-state index is -0.563. The molecule has 7 nitrogen and oxygen atoms in total. The van der Waals surface area contributed by atoms with Gasteiger partial charge in [0.15, 0.2) is 5.69 Å². The van der Waals surface area contributed by atoms with E-state index in [0.717, 1.165) is 16.9 Å². The minimum absolute atomic E-state index is 0.103. The second kappa shape index (κ2) is 7.84. The molecule has 0 fully saturated rings. The maximum atomic E-state index is 12.3. The van der Waals surface area contributed by atoms with Gasteiger partial charge in [0.05, 0.1) is 12.8 Å². The third-order valence-electron chi connectivity index (χ3n) is 4.26. The number of esters is 1. The van der Waals surface area contributed by atoms with Crippen molar-refractivity contribution in [2.45, 2.75) is 13.5 Å². The predicted octanol–water partition coefficient (Wildman–Crippen LogP) is 3.49. The summed E-state index contributed by atoms with van der Waals surface area (Å²) in [6.07, 6.45) is 1.72. The highest BCUT2D eigenvalue weighted by molar-refractivity contribution is 7.13. The number of aromatic nitrogens is 3. The summed E-state index contributed by atoms with van der Waals surface area (Å²) in [5, 5.41) is 2.35. The van der Waals surface area contributed by atoms with Crippen molar-refractivity contribution in [3.63, 3.8) is 0 Å². The normalized spacial score (nSPS) is 10.8. The number of rotatable bonds is 5. The molecule has 0 bridgehead atoms. The van der Waals surface area contributed by atoms with E-state index in [4.69, 9.17) is 9.47 Å². The van der Waals surface area contributed by atoms with Crippen molar-refractivity contribution in [2.24, 2.45) is 0 Å². The number of hydrogen-bond acceptors (Lipinski definition) is 7. The molecule has 4 rings (SSSR count). The number of ether oxygens (including phenoxy) is 2. The zero-order valence-electron chi connectivity index (χ0n) is 15.8. The lowest BCUT2D eigenvalue weighted by atomic mass is 10.2. The van der Waals surface area contributed by atoms with E-state index >= 15 is 0 Å². The van der Waals surface area contributed by atoms with Gasteiger partial charge in [0, 0.05) is 23.2 Å². The number of aryl methyl sites for hydroxylation is 1. The number of carbonyl (C=O) groups excluding carboxylic acids is 1. The number of hydrogen-bond donors (Lipinski definition) is 0. The fourth-order valence-electron chi connectivity index (χ4n) is 2.78. The summed E-state index contributed by atoms with van der Waals surface area (Å²) in [5.41, 5.74) is 2.72. The van der Waals surface area contributed by atoms with Gasteiger partial charge in [-0.3, -0.25) is 9.20 Å². The summed E-state index contributed by atoms with van der Waals surface area (Å²) in [5.74, 6) is 0.186. The number of nitrogens with zero attached hydrogens (tertiary/aromatic N) is 3. The highest BCUT2D eigenvalue weighted by Crippen LogP contribution is 2.26. The van der Waals surface area contributed by atoms with Gasteiger partial charge >= 0.3 is 5.97 Å². The summed E-state index contributed by atoms with van der Waals surface area (Å²) < 4.78 is 11.9. The first-order chi connectivity index (χ1) is 14.0. The van der Waals surface area contributed by atoms with Crippen molar-refractivity contribution >= 4 is 23.0 Å². The SMILES string of the molecule is COc1ccc(-c2nc(C(=O)OCc3cc(=O)n4cc(C)ccc4n3)cs2)cc1. The molecule has 4 aromatic rings. The van der Waals surface area contributed by atoms with Crippen molar-refractivity contribution in [2.75, 3.05) is 7.11 Å². The predicted molar refractivity (Wildman–Crippen MR) is 109 cm³/mol. The zero-order valence-corrected chi connectivity index (χ0v) is 16.6. The number of thiazole rings is 1. The minimum Gasteiger partial charge on any atom is -0.497 e. The van der Waals surface area contributed by atoms with Gasteiger partial charge in [-0.2, -0.15) is 0 Å². The second-order valence-electron chi connectivity index (χ2n) is 6.36. The molecular weight excluding hydrogens is 390 g/mol. The molecule has 0 atom stereocenters. The second-order valence-corrected chi connectivity index (χ2v) is 7.22. The van der Waals surface area contributed by atoms with Crippen LogP contribution in [0.4, 0.5) is 0 Å². The first-order valence-corrected chi connectivity index (χ1v) is 9.67. The van der Waals surface area contributed by atoms with Crippen LogP contribution in [-0.4, -0.2) is 27.4 Å². The molecule has 8 heteroatoms. The van der Waals surface area contributed by atoms with E-state index < -0.39 is 5.97 Å². The van der Waals surface area contributed by atoms with Crippen LogP contribution in [0.5, 0.6) is 5.75 Å². The van der Waals surface area contributed by atoms with Crippen LogP contribution in [0.3, 0.4) is 0 Å². The molecule has 0 saturated carbocycles. The summed E-state index contributed by atoms with van der Waals surface area (Å²) in [6, 6.07) is 12.4. The van der Waals surface area contributed by atoms with Crippen molar-refractivity contribution in [1.82, 2.24) is 14.4 Å². The Morgan fingerprint density at radius 3 is 2.69 bits per heavy atom. The average molecular weight is 407 g/mol. The monoisotopic (exact) mass is 407 g/mol. The fourth-order valence-corrected chi connectivity index (χ4v) is 3.57. The Hall–Kier alpha value is -3.52. The molecule has 0 saturated heterocycles. The van der Waals surface area contributed by atoms with Crippen molar-refractivity contribution < 1.29 is 14.3 Å². The summed E-state index contributed by atoms with van der Waals surface area (Å²) in [7, 11) is 1.60. The molecule has 1 aromatic carbocycles. The molecule has 0 spiro atoms. The van der Waals surface area contributed by atoms with Crippen LogP contribution < -0.4 is 10.3 Å². The number of methoxy groups -OCH3 is 1. The number of benzene rings is 1. The molecule has 0 aliphatic carbocycles. The Kier molecular flexibility index (Phi) is 5.09. The molecule has 0 unspecified atom stereocenters. The highest BCUT2D eigenvalue weighted by Gasteiger charge is 2.14. The van der Waals surface area contributed by atoms with Crippen LogP contribution in [0.1, 0.15) is 21.7 Å². The molecule has 3 aromatic heterocycles. The Morgan fingerprint density at radius 2 is 1.93 bits per heavy atom. The highest BCUT2D eigenvalue weighted by atomic mass is 32.1. The lowest BCUT2D eigenvalue weighted by molar-refractivity contribution is 0.0462. The van der Waals surface area contributed by atoms with Gasteiger partial charge in [-0.05, 0) is 42.8 Å². The number of fused-ring (bicyclic) bond motifs is 1. The van der Waals surface area contributed by atoms with Gasteiger partial charge in [-0.1, -0.05) is 6.07 Å². The van der Waals surface area contributed by atoms with E-state index in [2.05, 4.69) is 9.97 Å². The van der Waals surface area contributed by atoms with E-state index in [1.165, 1.54) is 21.8 Å². The first kappa shape index (κ1) is 18.8. The maximum absolute atomic E-state index is 12.3. The number of pyridine rings is 1. The Balaban J connectivity index is 1.47. The van der Waals surface area contributed by atoms with Gasteiger partial charge in [0.1, 0.15) is 23.0 Å². The molecular formula is C21H17N3O4S. The van der Waals surface area contributed by atoms with Gasteiger partial charge in [0.2, 0.25) is 0 Å². The standard InChI is InChI=1S/C21H17N3O4S/c1-13-3-8-18-22-15(9-19(25)24(18)10-13)11-28-21(26)17-12-29-20(23-17)14-4-6-16(27-2)7-5-14/h3-10,12H,11H2,1-2H3. The van der Waals surface area contributed by atoms with Gasteiger partial charge in [-0.25, -0.2) is 14.8 Å². The van der Waals surface area contributed by atoms with Crippen LogP contribution >= 0.6 is 11.3 Å². The van der Waals surface area contributed by atoms with E-state index in [0.29, 0.717) is 16.3 Å². The van der Waals surface area contributed by atoms with Crippen LogP contribution in [0, 0.1) is 6.92 Å². The van der Waals surface area contributed by atoms with E-state index in [1.807, 2.05) is 37.3 Å². The van der Waals surface area contributed by atoms with Crippen LogP contribution in [-0.2, 0) is 11.3 Å². The van der Waals surface area contributed by atoms with Crippen LogP contribution in [0.25, 0.3) is 16.2 Å². The molecule has 0 aliphatic heterocycles. The molecule has 0 N–H and O–H groups in total. The summed E-state index contributed by atoms with van der Waals surface area (Å²) >= 11 is 1.35. The Labute approximate surface area is 170 Å². The lowest BCUT2D eigenvalue weighted by Gasteiger charge is -2.05. The van der Waals surface area contributed by atoms with Gasteiger partial charge < -0.3 is 9.47 Å². The van der Waals surface area contributed by atoms with Crippen molar-refractivity contribution in [1.29, 1.82) is 0 Å². The first-order valence-electron chi connectivity index (χ1n) is 8.79.